The van der Waals surface area contributed by atoms with E-state index in [9.17, 15) is 5.11 Å². The Hall–Kier alpha value is -0.820. The molecule has 0 amide bonds. The topological polar surface area (TPSA) is 20.2 Å². The van der Waals surface area contributed by atoms with Crippen molar-refractivity contribution in [2.45, 2.75) is 39.7 Å². The van der Waals surface area contributed by atoms with Crippen molar-refractivity contribution in [3.63, 3.8) is 0 Å². The van der Waals surface area contributed by atoms with Crippen molar-refractivity contribution in [2.24, 2.45) is 5.92 Å². The summed E-state index contributed by atoms with van der Waals surface area (Å²) in [4.78, 5) is 0. The van der Waals surface area contributed by atoms with Crippen molar-refractivity contribution in [3.05, 3.63) is 35.4 Å². The lowest BCUT2D eigenvalue weighted by atomic mass is 9.97. The average Bonchev–Trinajstić information content (AvgIpc) is 2.07. The number of rotatable bonds is 4. The number of aryl methyl sites for hydroxylation is 1. The van der Waals surface area contributed by atoms with Gasteiger partial charge in [-0.05, 0) is 36.8 Å². The molecule has 1 atom stereocenters. The molecule has 1 aromatic carbocycles. The minimum Gasteiger partial charge on any atom is -0.393 e. The van der Waals surface area contributed by atoms with Crippen molar-refractivity contribution < 1.29 is 5.11 Å². The molecule has 1 rings (SSSR count). The maximum Gasteiger partial charge on any atom is 0.0583 e. The number of benzene rings is 1. The number of hydrogen-bond donors (Lipinski definition) is 1. The highest BCUT2D eigenvalue weighted by Crippen LogP contribution is 2.13. The van der Waals surface area contributed by atoms with E-state index < -0.39 is 0 Å². The summed E-state index contributed by atoms with van der Waals surface area (Å²) in [5.41, 5.74) is 2.54. The lowest BCUT2D eigenvalue weighted by Gasteiger charge is -2.14. The first kappa shape index (κ1) is 11.3. The summed E-state index contributed by atoms with van der Waals surface area (Å²) in [5.74, 6) is 0.564. The molecule has 0 aliphatic rings. The van der Waals surface area contributed by atoms with E-state index in [1.807, 2.05) is 12.1 Å². The summed E-state index contributed by atoms with van der Waals surface area (Å²) in [5, 5.41) is 9.80. The molecule has 0 bridgehead atoms. The Kier molecular flexibility index (Phi) is 4.15. The molecular formula is C13H20O. The van der Waals surface area contributed by atoms with Crippen LogP contribution in [0.2, 0.25) is 0 Å². The second-order valence-electron chi connectivity index (χ2n) is 4.41. The molecule has 0 heterocycles. The Labute approximate surface area is 86.8 Å². The Morgan fingerprint density at radius 3 is 2.43 bits per heavy atom. The van der Waals surface area contributed by atoms with Crippen LogP contribution in [-0.4, -0.2) is 11.2 Å². The maximum atomic E-state index is 9.80. The first-order valence-electron chi connectivity index (χ1n) is 5.32. The zero-order valence-electron chi connectivity index (χ0n) is 9.33. The van der Waals surface area contributed by atoms with Crippen LogP contribution in [0.25, 0.3) is 0 Å². The highest BCUT2D eigenvalue weighted by molar-refractivity contribution is 5.26. The van der Waals surface area contributed by atoms with Gasteiger partial charge in [0.2, 0.25) is 0 Å². The SMILES string of the molecule is Cc1ccccc1CC(O)CC(C)C. The highest BCUT2D eigenvalue weighted by atomic mass is 16.3. The zero-order valence-corrected chi connectivity index (χ0v) is 9.33. The van der Waals surface area contributed by atoms with Gasteiger partial charge in [-0.2, -0.15) is 0 Å². The molecule has 1 N–H and O–H groups in total. The van der Waals surface area contributed by atoms with Gasteiger partial charge in [-0.1, -0.05) is 38.1 Å². The summed E-state index contributed by atoms with van der Waals surface area (Å²) in [7, 11) is 0. The van der Waals surface area contributed by atoms with E-state index in [0.29, 0.717) is 5.92 Å². The molecule has 1 unspecified atom stereocenters. The quantitative estimate of drug-likeness (QED) is 0.777. The molecule has 0 saturated carbocycles. The smallest absolute Gasteiger partial charge is 0.0583 e. The van der Waals surface area contributed by atoms with Crippen LogP contribution in [0.1, 0.15) is 31.4 Å². The van der Waals surface area contributed by atoms with Crippen LogP contribution in [0.5, 0.6) is 0 Å². The third-order valence-electron chi connectivity index (χ3n) is 2.46. The van der Waals surface area contributed by atoms with Crippen LogP contribution in [0.4, 0.5) is 0 Å². The summed E-state index contributed by atoms with van der Waals surface area (Å²) in [6.45, 7) is 6.37. The average molecular weight is 192 g/mol. The van der Waals surface area contributed by atoms with Crippen LogP contribution >= 0.6 is 0 Å². The third kappa shape index (κ3) is 3.51. The minimum atomic E-state index is -0.198. The van der Waals surface area contributed by atoms with E-state index >= 15 is 0 Å². The predicted octanol–water partition coefficient (Wildman–Crippen LogP) is 2.94. The molecule has 1 aromatic rings. The van der Waals surface area contributed by atoms with Gasteiger partial charge in [-0.3, -0.25) is 0 Å². The molecule has 0 aliphatic carbocycles. The fourth-order valence-electron chi connectivity index (χ4n) is 1.72. The molecule has 0 radical (unpaired) electrons. The molecule has 0 spiro atoms. The molecule has 14 heavy (non-hydrogen) atoms. The molecule has 0 aliphatic heterocycles. The molecular weight excluding hydrogens is 172 g/mol. The van der Waals surface area contributed by atoms with Gasteiger partial charge >= 0.3 is 0 Å². The largest absolute Gasteiger partial charge is 0.393 e. The van der Waals surface area contributed by atoms with Gasteiger partial charge < -0.3 is 5.11 Å². The Morgan fingerprint density at radius 1 is 1.21 bits per heavy atom. The standard InChI is InChI=1S/C13H20O/c1-10(2)8-13(14)9-12-7-5-4-6-11(12)3/h4-7,10,13-14H,8-9H2,1-3H3. The van der Waals surface area contributed by atoms with Crippen molar-refractivity contribution in [3.8, 4) is 0 Å². The number of hydrogen-bond acceptors (Lipinski definition) is 1. The van der Waals surface area contributed by atoms with E-state index in [2.05, 4.69) is 32.9 Å². The van der Waals surface area contributed by atoms with Gasteiger partial charge in [-0.25, -0.2) is 0 Å². The Balaban J connectivity index is 2.56. The lowest BCUT2D eigenvalue weighted by molar-refractivity contribution is 0.149. The van der Waals surface area contributed by atoms with E-state index in [1.165, 1.54) is 11.1 Å². The van der Waals surface area contributed by atoms with Crippen LogP contribution in [0, 0.1) is 12.8 Å². The molecule has 1 nitrogen and oxygen atoms in total. The van der Waals surface area contributed by atoms with Crippen LogP contribution < -0.4 is 0 Å². The van der Waals surface area contributed by atoms with Gasteiger partial charge in [0.05, 0.1) is 6.10 Å². The zero-order chi connectivity index (χ0) is 10.6. The van der Waals surface area contributed by atoms with E-state index in [-0.39, 0.29) is 6.10 Å². The fraction of sp³-hybridized carbons (Fsp3) is 0.538. The predicted molar refractivity (Wildman–Crippen MR) is 60.3 cm³/mol. The monoisotopic (exact) mass is 192 g/mol. The van der Waals surface area contributed by atoms with Gasteiger partial charge in [0, 0.05) is 0 Å². The fourth-order valence-corrected chi connectivity index (χ4v) is 1.72. The third-order valence-corrected chi connectivity index (χ3v) is 2.46. The van der Waals surface area contributed by atoms with E-state index in [4.69, 9.17) is 0 Å². The molecule has 0 aromatic heterocycles. The summed E-state index contributed by atoms with van der Waals surface area (Å²) >= 11 is 0. The summed E-state index contributed by atoms with van der Waals surface area (Å²) in [6, 6.07) is 8.26. The Morgan fingerprint density at radius 2 is 1.86 bits per heavy atom. The second-order valence-corrected chi connectivity index (χ2v) is 4.41. The minimum absolute atomic E-state index is 0.198. The second kappa shape index (κ2) is 5.16. The van der Waals surface area contributed by atoms with Crippen LogP contribution in [-0.2, 0) is 6.42 Å². The van der Waals surface area contributed by atoms with Crippen molar-refractivity contribution in [1.82, 2.24) is 0 Å². The molecule has 0 fully saturated rings. The lowest BCUT2D eigenvalue weighted by Crippen LogP contribution is -2.13. The first-order chi connectivity index (χ1) is 6.59. The number of aliphatic hydroxyl groups is 1. The summed E-state index contributed by atoms with van der Waals surface area (Å²) in [6.07, 6.45) is 1.47. The van der Waals surface area contributed by atoms with Gasteiger partial charge in [-0.15, -0.1) is 0 Å². The van der Waals surface area contributed by atoms with Gasteiger partial charge in [0.15, 0.2) is 0 Å². The van der Waals surface area contributed by atoms with Crippen molar-refractivity contribution >= 4 is 0 Å². The van der Waals surface area contributed by atoms with Crippen LogP contribution in [0.15, 0.2) is 24.3 Å². The Bertz CT molecular complexity index is 278. The summed E-state index contributed by atoms with van der Waals surface area (Å²) < 4.78 is 0. The number of aliphatic hydroxyl groups excluding tert-OH is 1. The van der Waals surface area contributed by atoms with Gasteiger partial charge in [0.25, 0.3) is 0 Å². The maximum absolute atomic E-state index is 9.80. The van der Waals surface area contributed by atoms with Crippen molar-refractivity contribution in [1.29, 1.82) is 0 Å². The van der Waals surface area contributed by atoms with E-state index in [0.717, 1.165) is 12.8 Å². The van der Waals surface area contributed by atoms with E-state index in [1.54, 1.807) is 0 Å². The van der Waals surface area contributed by atoms with Gasteiger partial charge in [0.1, 0.15) is 0 Å². The normalized spacial score (nSPS) is 13.2. The first-order valence-corrected chi connectivity index (χ1v) is 5.32. The highest BCUT2D eigenvalue weighted by Gasteiger charge is 2.08. The van der Waals surface area contributed by atoms with Crippen molar-refractivity contribution in [2.75, 3.05) is 0 Å². The van der Waals surface area contributed by atoms with Crippen LogP contribution in [0.3, 0.4) is 0 Å². The molecule has 78 valence electrons. The molecule has 1 heteroatoms. The molecule has 0 saturated heterocycles.